The highest BCUT2D eigenvalue weighted by Crippen LogP contribution is 2.36. The quantitative estimate of drug-likeness (QED) is 0.838. The number of carbonyl (C=O) groups excluding carboxylic acids is 1. The topological polar surface area (TPSA) is 63.1 Å². The number of hydrogen-bond donors (Lipinski definition) is 1. The molecule has 0 radical (unpaired) electrons. The number of aromatic nitrogens is 3. The molecule has 1 unspecified atom stereocenters. The van der Waals surface area contributed by atoms with Gasteiger partial charge in [-0.05, 0) is 31.1 Å². The standard InChI is InChI=1S/C17H25N5O/c1-17(8-7-14(23)18-11-17)15-19-20-16(21(15)2)22-9-12-5-3-4-6-13(12)10-22/h3-4,12-13H,5-11H2,1-2H3,(H,18,23)/t12-,13+,17?. The van der Waals surface area contributed by atoms with Crippen LogP contribution in [0.2, 0.25) is 0 Å². The highest BCUT2D eigenvalue weighted by molar-refractivity contribution is 5.77. The van der Waals surface area contributed by atoms with Crippen molar-refractivity contribution in [3.8, 4) is 0 Å². The van der Waals surface area contributed by atoms with Gasteiger partial charge in [0.05, 0.1) is 0 Å². The van der Waals surface area contributed by atoms with Crippen LogP contribution >= 0.6 is 0 Å². The van der Waals surface area contributed by atoms with Crippen molar-refractivity contribution < 1.29 is 4.79 Å². The molecule has 23 heavy (non-hydrogen) atoms. The first-order valence-electron chi connectivity index (χ1n) is 8.63. The van der Waals surface area contributed by atoms with Crippen molar-refractivity contribution in [3.63, 3.8) is 0 Å². The molecular formula is C17H25N5O. The summed E-state index contributed by atoms with van der Waals surface area (Å²) in [5, 5.41) is 12.0. The fourth-order valence-electron chi connectivity index (χ4n) is 4.35. The number of nitrogens with zero attached hydrogens (tertiary/aromatic N) is 4. The van der Waals surface area contributed by atoms with Crippen LogP contribution in [0.5, 0.6) is 0 Å². The molecule has 3 heterocycles. The van der Waals surface area contributed by atoms with Crippen LogP contribution in [0.1, 0.15) is 38.4 Å². The number of amides is 1. The van der Waals surface area contributed by atoms with Gasteiger partial charge in [-0.25, -0.2) is 0 Å². The van der Waals surface area contributed by atoms with Crippen molar-refractivity contribution in [1.82, 2.24) is 20.1 Å². The number of piperidine rings is 1. The normalized spacial score (nSPS) is 33.7. The molecule has 0 spiro atoms. The van der Waals surface area contributed by atoms with Crippen molar-refractivity contribution in [2.75, 3.05) is 24.5 Å². The highest BCUT2D eigenvalue weighted by atomic mass is 16.1. The van der Waals surface area contributed by atoms with Gasteiger partial charge in [0, 0.05) is 38.5 Å². The third kappa shape index (κ3) is 2.44. The summed E-state index contributed by atoms with van der Waals surface area (Å²) < 4.78 is 2.14. The molecule has 3 aliphatic rings. The van der Waals surface area contributed by atoms with Crippen LogP contribution in [-0.2, 0) is 17.3 Å². The van der Waals surface area contributed by atoms with Gasteiger partial charge >= 0.3 is 0 Å². The average Bonchev–Trinajstić information content (AvgIpc) is 3.13. The predicted molar refractivity (Wildman–Crippen MR) is 88.2 cm³/mol. The Labute approximate surface area is 136 Å². The molecule has 3 atom stereocenters. The lowest BCUT2D eigenvalue weighted by molar-refractivity contribution is -0.123. The number of fused-ring (bicyclic) bond motifs is 1. The Hall–Kier alpha value is -1.85. The van der Waals surface area contributed by atoms with Gasteiger partial charge in [0.2, 0.25) is 11.9 Å². The van der Waals surface area contributed by atoms with Crippen LogP contribution in [0.4, 0.5) is 5.95 Å². The molecule has 4 rings (SSSR count). The SMILES string of the molecule is Cn1c(N2C[C@H]3CC=CC[C@H]3C2)nnc1C1(C)CCC(=O)NC1. The molecule has 2 saturated heterocycles. The van der Waals surface area contributed by atoms with Gasteiger partial charge in [-0.2, -0.15) is 0 Å². The van der Waals surface area contributed by atoms with Gasteiger partial charge < -0.3 is 10.2 Å². The average molecular weight is 315 g/mol. The molecule has 1 amide bonds. The third-order valence-electron chi connectivity index (χ3n) is 5.87. The maximum Gasteiger partial charge on any atom is 0.227 e. The van der Waals surface area contributed by atoms with Crippen molar-refractivity contribution in [3.05, 3.63) is 18.0 Å². The van der Waals surface area contributed by atoms with Crippen molar-refractivity contribution in [2.24, 2.45) is 18.9 Å². The van der Waals surface area contributed by atoms with Gasteiger partial charge in [0.15, 0.2) is 0 Å². The molecular weight excluding hydrogens is 290 g/mol. The Morgan fingerprint density at radius 3 is 2.52 bits per heavy atom. The number of allylic oxidation sites excluding steroid dienone is 2. The third-order valence-corrected chi connectivity index (χ3v) is 5.87. The second-order valence-electron chi connectivity index (χ2n) is 7.59. The summed E-state index contributed by atoms with van der Waals surface area (Å²) in [4.78, 5) is 13.9. The van der Waals surface area contributed by atoms with Crippen LogP contribution < -0.4 is 10.2 Å². The lowest BCUT2D eigenvalue weighted by atomic mass is 9.81. The molecule has 1 aliphatic carbocycles. The Balaban J connectivity index is 1.56. The summed E-state index contributed by atoms with van der Waals surface area (Å²) in [6, 6.07) is 0. The zero-order valence-corrected chi connectivity index (χ0v) is 14.0. The van der Waals surface area contributed by atoms with Gasteiger partial charge in [0.25, 0.3) is 0 Å². The molecule has 0 bridgehead atoms. The van der Waals surface area contributed by atoms with Gasteiger partial charge in [-0.3, -0.25) is 9.36 Å². The predicted octanol–water partition coefficient (Wildman–Crippen LogP) is 1.39. The maximum absolute atomic E-state index is 11.5. The van der Waals surface area contributed by atoms with Crippen molar-refractivity contribution >= 4 is 11.9 Å². The maximum atomic E-state index is 11.5. The van der Waals surface area contributed by atoms with Crippen LogP contribution in [0.3, 0.4) is 0 Å². The number of rotatable bonds is 2. The second-order valence-corrected chi connectivity index (χ2v) is 7.59. The van der Waals surface area contributed by atoms with E-state index in [1.165, 1.54) is 12.8 Å². The molecule has 0 saturated carbocycles. The zero-order chi connectivity index (χ0) is 16.0. The van der Waals surface area contributed by atoms with Crippen LogP contribution in [0.25, 0.3) is 0 Å². The second kappa shape index (κ2) is 5.35. The molecule has 6 nitrogen and oxygen atoms in total. The minimum Gasteiger partial charge on any atom is -0.355 e. The van der Waals surface area contributed by atoms with E-state index in [0.29, 0.717) is 13.0 Å². The Bertz CT molecular complexity index is 623. The van der Waals surface area contributed by atoms with Gasteiger partial charge in [-0.15, -0.1) is 10.2 Å². The Morgan fingerprint density at radius 1 is 1.22 bits per heavy atom. The molecule has 124 valence electrons. The molecule has 2 fully saturated rings. The fourth-order valence-corrected chi connectivity index (χ4v) is 4.35. The number of carbonyl (C=O) groups is 1. The molecule has 1 N–H and O–H groups in total. The zero-order valence-electron chi connectivity index (χ0n) is 14.0. The largest absolute Gasteiger partial charge is 0.355 e. The first kappa shape index (κ1) is 14.7. The lowest BCUT2D eigenvalue weighted by Crippen LogP contribution is -2.45. The minimum atomic E-state index is -0.123. The fraction of sp³-hybridized carbons (Fsp3) is 0.706. The van der Waals surface area contributed by atoms with Gasteiger partial charge in [-0.1, -0.05) is 19.1 Å². The van der Waals surface area contributed by atoms with Crippen LogP contribution in [-0.4, -0.2) is 40.3 Å². The number of nitrogens with one attached hydrogen (secondary N) is 1. The monoisotopic (exact) mass is 315 g/mol. The van der Waals surface area contributed by atoms with E-state index >= 15 is 0 Å². The number of anilines is 1. The van der Waals surface area contributed by atoms with E-state index < -0.39 is 0 Å². The molecule has 1 aromatic heterocycles. The van der Waals surface area contributed by atoms with Crippen LogP contribution in [0.15, 0.2) is 12.2 Å². The summed E-state index contributed by atoms with van der Waals surface area (Å²) >= 11 is 0. The van der Waals surface area contributed by atoms with E-state index in [2.05, 4.69) is 51.1 Å². The molecule has 1 aromatic rings. The summed E-state index contributed by atoms with van der Waals surface area (Å²) in [6.45, 7) is 4.98. The van der Waals surface area contributed by atoms with Crippen molar-refractivity contribution in [1.29, 1.82) is 0 Å². The van der Waals surface area contributed by atoms with E-state index in [-0.39, 0.29) is 11.3 Å². The summed E-state index contributed by atoms with van der Waals surface area (Å²) in [7, 11) is 2.06. The van der Waals surface area contributed by atoms with E-state index in [0.717, 1.165) is 43.1 Å². The smallest absolute Gasteiger partial charge is 0.227 e. The van der Waals surface area contributed by atoms with E-state index in [1.54, 1.807) is 0 Å². The summed E-state index contributed by atoms with van der Waals surface area (Å²) in [5.41, 5.74) is -0.123. The van der Waals surface area contributed by atoms with E-state index in [1.807, 2.05) is 0 Å². The number of hydrogen-bond acceptors (Lipinski definition) is 4. The van der Waals surface area contributed by atoms with Gasteiger partial charge in [0.1, 0.15) is 5.82 Å². The molecule has 0 aromatic carbocycles. The van der Waals surface area contributed by atoms with E-state index in [4.69, 9.17) is 0 Å². The molecule has 2 aliphatic heterocycles. The van der Waals surface area contributed by atoms with E-state index in [9.17, 15) is 4.79 Å². The first-order valence-corrected chi connectivity index (χ1v) is 8.63. The van der Waals surface area contributed by atoms with Crippen molar-refractivity contribution in [2.45, 2.75) is 38.0 Å². The first-order chi connectivity index (χ1) is 11.1. The van der Waals surface area contributed by atoms with Crippen LogP contribution in [0, 0.1) is 11.8 Å². The Morgan fingerprint density at radius 2 is 1.91 bits per heavy atom. The Kier molecular flexibility index (Phi) is 3.43. The highest BCUT2D eigenvalue weighted by Gasteiger charge is 2.39. The summed E-state index contributed by atoms with van der Waals surface area (Å²) in [6.07, 6.45) is 8.42. The summed E-state index contributed by atoms with van der Waals surface area (Å²) in [5.74, 6) is 3.61. The lowest BCUT2D eigenvalue weighted by Gasteiger charge is -2.32. The minimum absolute atomic E-state index is 0.123. The molecule has 6 heteroatoms.